The Morgan fingerprint density at radius 1 is 1.44 bits per heavy atom. The van der Waals surface area contributed by atoms with Gasteiger partial charge >= 0.3 is 5.97 Å². The van der Waals surface area contributed by atoms with Crippen LogP contribution in [0, 0.1) is 5.92 Å². The molecule has 0 radical (unpaired) electrons. The Balaban J connectivity index is 2.67. The van der Waals surface area contributed by atoms with Gasteiger partial charge in [0.05, 0.1) is 12.7 Å². The zero-order valence-corrected chi connectivity index (χ0v) is 12.0. The van der Waals surface area contributed by atoms with Gasteiger partial charge in [0, 0.05) is 6.04 Å². The molecule has 18 heavy (non-hydrogen) atoms. The summed E-state index contributed by atoms with van der Waals surface area (Å²) in [6.07, 6.45) is 4.13. The van der Waals surface area contributed by atoms with Crippen LogP contribution in [0.1, 0.15) is 53.4 Å². The summed E-state index contributed by atoms with van der Waals surface area (Å²) in [5.74, 6) is -0.561. The van der Waals surface area contributed by atoms with E-state index in [0.29, 0.717) is 0 Å². The molecule has 2 N–H and O–H groups in total. The zero-order valence-electron chi connectivity index (χ0n) is 12.0. The molecule has 0 bridgehead atoms. The van der Waals surface area contributed by atoms with Crippen LogP contribution in [-0.4, -0.2) is 35.4 Å². The van der Waals surface area contributed by atoms with E-state index in [0.717, 1.165) is 25.7 Å². The first-order valence-corrected chi connectivity index (χ1v) is 7.05. The number of aliphatic carboxylic acids is 1. The number of hydrogen-bond acceptors (Lipinski definition) is 3. The third kappa shape index (κ3) is 3.95. The standard InChI is InChI=1S/C14H27NO3/c1-5-6-11(4)18-9-14(13(16)17,12-7-8-12)15-10(2)3/h10-12,15H,5-9H2,1-4H3,(H,16,17). The number of hydrogen-bond donors (Lipinski definition) is 2. The van der Waals surface area contributed by atoms with Crippen molar-refractivity contribution in [1.29, 1.82) is 0 Å². The molecular weight excluding hydrogens is 230 g/mol. The summed E-state index contributed by atoms with van der Waals surface area (Å²) in [6.45, 7) is 8.35. The Morgan fingerprint density at radius 2 is 2.06 bits per heavy atom. The van der Waals surface area contributed by atoms with Gasteiger partial charge in [0.15, 0.2) is 0 Å². The van der Waals surface area contributed by atoms with E-state index in [-0.39, 0.29) is 24.7 Å². The molecule has 0 heterocycles. The van der Waals surface area contributed by atoms with Crippen molar-refractivity contribution in [3.05, 3.63) is 0 Å². The molecule has 4 nitrogen and oxygen atoms in total. The molecule has 2 unspecified atom stereocenters. The third-order valence-corrected chi connectivity index (χ3v) is 3.49. The second-order valence-corrected chi connectivity index (χ2v) is 5.76. The van der Waals surface area contributed by atoms with Crippen molar-refractivity contribution >= 4 is 5.97 Å². The van der Waals surface area contributed by atoms with Gasteiger partial charge in [-0.1, -0.05) is 13.3 Å². The van der Waals surface area contributed by atoms with Crippen molar-refractivity contribution in [1.82, 2.24) is 5.32 Å². The lowest BCUT2D eigenvalue weighted by Crippen LogP contribution is -2.60. The van der Waals surface area contributed by atoms with Crippen molar-refractivity contribution in [2.24, 2.45) is 5.92 Å². The van der Waals surface area contributed by atoms with Gasteiger partial charge < -0.3 is 9.84 Å². The van der Waals surface area contributed by atoms with Gasteiger partial charge in [0.25, 0.3) is 0 Å². The predicted octanol–water partition coefficient (Wildman–Crippen LogP) is 2.42. The molecule has 0 aromatic heterocycles. The maximum atomic E-state index is 11.7. The first kappa shape index (κ1) is 15.4. The minimum Gasteiger partial charge on any atom is -0.480 e. The van der Waals surface area contributed by atoms with Crippen LogP contribution in [0.5, 0.6) is 0 Å². The number of ether oxygens (including phenoxy) is 1. The van der Waals surface area contributed by atoms with Crippen molar-refractivity contribution in [3.63, 3.8) is 0 Å². The summed E-state index contributed by atoms with van der Waals surface area (Å²) in [4.78, 5) is 11.7. The summed E-state index contributed by atoms with van der Waals surface area (Å²) in [7, 11) is 0. The van der Waals surface area contributed by atoms with Gasteiger partial charge in [0.2, 0.25) is 0 Å². The van der Waals surface area contributed by atoms with E-state index < -0.39 is 11.5 Å². The van der Waals surface area contributed by atoms with E-state index in [1.807, 2.05) is 20.8 Å². The van der Waals surface area contributed by atoms with Gasteiger partial charge in [-0.3, -0.25) is 10.1 Å². The summed E-state index contributed by atoms with van der Waals surface area (Å²) in [6, 6.07) is 0.145. The van der Waals surface area contributed by atoms with E-state index in [9.17, 15) is 9.90 Å². The van der Waals surface area contributed by atoms with Crippen LogP contribution in [0.15, 0.2) is 0 Å². The van der Waals surface area contributed by atoms with Crippen LogP contribution >= 0.6 is 0 Å². The topological polar surface area (TPSA) is 58.6 Å². The molecule has 1 saturated carbocycles. The highest BCUT2D eigenvalue weighted by Gasteiger charge is 2.51. The second-order valence-electron chi connectivity index (χ2n) is 5.76. The lowest BCUT2D eigenvalue weighted by atomic mass is 9.93. The maximum absolute atomic E-state index is 11.7. The number of carboxylic acids is 1. The van der Waals surface area contributed by atoms with E-state index in [1.54, 1.807) is 0 Å². The normalized spacial score (nSPS) is 20.7. The SMILES string of the molecule is CCCC(C)OCC(NC(C)C)(C(=O)O)C1CC1. The Bertz CT molecular complexity index is 276. The van der Waals surface area contributed by atoms with E-state index >= 15 is 0 Å². The highest BCUT2D eigenvalue weighted by atomic mass is 16.5. The lowest BCUT2D eigenvalue weighted by Gasteiger charge is -2.33. The van der Waals surface area contributed by atoms with Crippen molar-refractivity contribution in [3.8, 4) is 0 Å². The Kier molecular flexibility index (Phi) is 5.60. The van der Waals surface area contributed by atoms with E-state index in [1.165, 1.54) is 0 Å². The number of carbonyl (C=O) groups is 1. The fourth-order valence-corrected chi connectivity index (χ4v) is 2.43. The molecule has 1 aliphatic rings. The van der Waals surface area contributed by atoms with Gasteiger partial charge in [-0.05, 0) is 46.0 Å². The molecule has 0 aromatic rings. The Hall–Kier alpha value is -0.610. The smallest absolute Gasteiger partial charge is 0.326 e. The predicted molar refractivity (Wildman–Crippen MR) is 71.7 cm³/mol. The Labute approximate surface area is 110 Å². The first-order chi connectivity index (χ1) is 8.42. The first-order valence-electron chi connectivity index (χ1n) is 7.05. The molecule has 0 aromatic carbocycles. The monoisotopic (exact) mass is 257 g/mol. The molecule has 0 spiro atoms. The third-order valence-electron chi connectivity index (χ3n) is 3.49. The van der Waals surface area contributed by atoms with Crippen LogP contribution in [0.25, 0.3) is 0 Å². The van der Waals surface area contributed by atoms with Gasteiger partial charge in [-0.25, -0.2) is 0 Å². The highest BCUT2D eigenvalue weighted by Crippen LogP contribution is 2.40. The molecule has 0 amide bonds. The molecule has 0 aliphatic heterocycles. The average molecular weight is 257 g/mol. The number of rotatable bonds is 9. The quantitative estimate of drug-likeness (QED) is 0.666. The molecule has 1 rings (SSSR count). The van der Waals surface area contributed by atoms with Gasteiger partial charge in [0.1, 0.15) is 5.54 Å². The minimum absolute atomic E-state index is 0.126. The lowest BCUT2D eigenvalue weighted by molar-refractivity contribution is -0.150. The van der Waals surface area contributed by atoms with Gasteiger partial charge in [-0.15, -0.1) is 0 Å². The van der Waals surface area contributed by atoms with Crippen LogP contribution in [0.3, 0.4) is 0 Å². The number of nitrogens with one attached hydrogen (secondary N) is 1. The zero-order chi connectivity index (χ0) is 13.8. The van der Waals surface area contributed by atoms with Crippen LogP contribution in [-0.2, 0) is 9.53 Å². The summed E-state index contributed by atoms with van der Waals surface area (Å²) >= 11 is 0. The van der Waals surface area contributed by atoms with Crippen molar-refractivity contribution < 1.29 is 14.6 Å². The maximum Gasteiger partial charge on any atom is 0.326 e. The molecule has 106 valence electrons. The van der Waals surface area contributed by atoms with E-state index in [2.05, 4.69) is 12.2 Å². The highest BCUT2D eigenvalue weighted by molar-refractivity contribution is 5.80. The molecule has 1 aliphatic carbocycles. The van der Waals surface area contributed by atoms with Crippen LogP contribution in [0.2, 0.25) is 0 Å². The van der Waals surface area contributed by atoms with Gasteiger partial charge in [-0.2, -0.15) is 0 Å². The molecular formula is C14H27NO3. The molecule has 1 fully saturated rings. The summed E-state index contributed by atoms with van der Waals surface area (Å²) < 4.78 is 5.77. The summed E-state index contributed by atoms with van der Waals surface area (Å²) in [5.41, 5.74) is -0.893. The molecule has 2 atom stereocenters. The van der Waals surface area contributed by atoms with Crippen molar-refractivity contribution in [2.75, 3.05) is 6.61 Å². The van der Waals surface area contributed by atoms with Crippen LogP contribution < -0.4 is 5.32 Å². The van der Waals surface area contributed by atoms with E-state index in [4.69, 9.17) is 4.74 Å². The number of carboxylic acid groups (broad SMARTS) is 1. The minimum atomic E-state index is -0.893. The van der Waals surface area contributed by atoms with Crippen molar-refractivity contribution in [2.45, 2.75) is 71.1 Å². The average Bonchev–Trinajstić information content (AvgIpc) is 3.07. The molecule has 4 heteroatoms. The summed E-state index contributed by atoms with van der Waals surface area (Å²) in [5, 5.41) is 12.8. The second kappa shape index (κ2) is 6.53. The largest absolute Gasteiger partial charge is 0.480 e. The van der Waals surface area contributed by atoms with Crippen LogP contribution in [0.4, 0.5) is 0 Å². The Morgan fingerprint density at radius 3 is 2.44 bits per heavy atom. The molecule has 0 saturated heterocycles. The fourth-order valence-electron chi connectivity index (χ4n) is 2.43. The fraction of sp³-hybridized carbons (Fsp3) is 0.929.